The van der Waals surface area contributed by atoms with Gasteiger partial charge in [0.25, 0.3) is 5.91 Å². The smallest absolute Gasteiger partial charge is 0.284 e. The second-order valence-electron chi connectivity index (χ2n) is 7.08. The Labute approximate surface area is 187 Å². The summed E-state index contributed by atoms with van der Waals surface area (Å²) >= 11 is 1.36. The van der Waals surface area contributed by atoms with Crippen LogP contribution in [0.3, 0.4) is 0 Å². The number of aromatic nitrogens is 5. The molecule has 1 N–H and O–H groups in total. The van der Waals surface area contributed by atoms with Crippen molar-refractivity contribution < 1.29 is 9.53 Å². The molecule has 5 rings (SSSR count). The Morgan fingerprint density at radius 3 is 2.50 bits per heavy atom. The van der Waals surface area contributed by atoms with Gasteiger partial charge in [0.15, 0.2) is 10.8 Å². The Balaban J connectivity index is 1.24. The lowest BCUT2D eigenvalue weighted by Crippen LogP contribution is -2.11. The van der Waals surface area contributed by atoms with Crippen LogP contribution in [0.5, 0.6) is 11.6 Å². The summed E-state index contributed by atoms with van der Waals surface area (Å²) < 4.78 is 8.62. The second kappa shape index (κ2) is 8.20. The molecule has 0 atom stereocenters. The van der Waals surface area contributed by atoms with Crippen LogP contribution in [0.2, 0.25) is 0 Å². The molecule has 1 amide bonds. The van der Waals surface area contributed by atoms with Crippen LogP contribution in [0.1, 0.15) is 21.2 Å². The van der Waals surface area contributed by atoms with Gasteiger partial charge in [-0.1, -0.05) is 12.1 Å². The first-order chi connectivity index (χ1) is 15.6. The zero-order valence-corrected chi connectivity index (χ0v) is 18.1. The molecule has 2 aromatic carbocycles. The van der Waals surface area contributed by atoms with Gasteiger partial charge in [0.2, 0.25) is 5.88 Å². The average Bonchev–Trinajstić information content (AvgIpc) is 3.39. The number of fused-ring (bicyclic) bond motifs is 1. The fourth-order valence-electron chi connectivity index (χ4n) is 3.11. The summed E-state index contributed by atoms with van der Waals surface area (Å²) in [5, 5.41) is 11.6. The quantitative estimate of drug-likeness (QED) is 0.415. The first kappa shape index (κ1) is 19.8. The molecule has 3 heterocycles. The molecule has 0 unspecified atom stereocenters. The van der Waals surface area contributed by atoms with Crippen molar-refractivity contribution in [2.45, 2.75) is 13.8 Å². The molecule has 0 aliphatic carbocycles. The van der Waals surface area contributed by atoms with Gasteiger partial charge in [0, 0.05) is 17.4 Å². The topological polar surface area (TPSA) is 94.8 Å². The predicted molar refractivity (Wildman–Crippen MR) is 123 cm³/mol. The van der Waals surface area contributed by atoms with Crippen molar-refractivity contribution >= 4 is 33.1 Å². The largest absolute Gasteiger partial charge is 0.438 e. The molecule has 0 radical (unpaired) electrons. The minimum Gasteiger partial charge on any atom is -0.438 e. The van der Waals surface area contributed by atoms with E-state index in [4.69, 9.17) is 4.74 Å². The van der Waals surface area contributed by atoms with Gasteiger partial charge in [-0.15, -0.1) is 21.5 Å². The Morgan fingerprint density at radius 1 is 1.00 bits per heavy atom. The zero-order valence-electron chi connectivity index (χ0n) is 17.3. The Morgan fingerprint density at radius 2 is 1.81 bits per heavy atom. The van der Waals surface area contributed by atoms with Crippen molar-refractivity contribution in [3.05, 3.63) is 83.4 Å². The fourth-order valence-corrected chi connectivity index (χ4v) is 3.97. The van der Waals surface area contributed by atoms with Crippen LogP contribution < -0.4 is 10.1 Å². The lowest BCUT2D eigenvalue weighted by molar-refractivity contribution is 0.102. The van der Waals surface area contributed by atoms with Gasteiger partial charge in [0.05, 0.1) is 15.9 Å². The van der Waals surface area contributed by atoms with Gasteiger partial charge >= 0.3 is 0 Å². The standard InChI is InChI=1S/C23H18N6O2S/c1-14-15(2)29(13-24-14)20-11-12-21(28-27-20)31-17-9-7-16(8-10-17)25-22(30)23-26-18-5-3-4-6-19(18)32-23/h3-13H,1-2H3,(H,25,30). The number of hydrogen-bond acceptors (Lipinski definition) is 7. The highest BCUT2D eigenvalue weighted by Gasteiger charge is 2.12. The average molecular weight is 443 g/mol. The van der Waals surface area contributed by atoms with Crippen LogP contribution in [0.15, 0.2) is 67.0 Å². The number of nitrogens with zero attached hydrogens (tertiary/aromatic N) is 5. The van der Waals surface area contributed by atoms with Gasteiger partial charge < -0.3 is 10.1 Å². The van der Waals surface area contributed by atoms with Crippen LogP contribution in [0, 0.1) is 13.8 Å². The van der Waals surface area contributed by atoms with Crippen molar-refractivity contribution in [1.29, 1.82) is 0 Å². The van der Waals surface area contributed by atoms with E-state index in [9.17, 15) is 4.79 Å². The van der Waals surface area contributed by atoms with Gasteiger partial charge in [-0.25, -0.2) is 9.97 Å². The molecule has 3 aromatic heterocycles. The van der Waals surface area contributed by atoms with Crippen LogP contribution in [-0.4, -0.2) is 30.6 Å². The van der Waals surface area contributed by atoms with Crippen molar-refractivity contribution in [2.75, 3.05) is 5.32 Å². The molecule has 0 spiro atoms. The molecule has 9 heteroatoms. The number of amides is 1. The first-order valence-electron chi connectivity index (χ1n) is 9.86. The molecule has 0 bridgehead atoms. The number of hydrogen-bond donors (Lipinski definition) is 1. The van der Waals surface area contributed by atoms with E-state index < -0.39 is 0 Å². The number of carbonyl (C=O) groups is 1. The Kier molecular flexibility index (Phi) is 5.08. The van der Waals surface area contributed by atoms with E-state index in [0.29, 0.717) is 28.1 Å². The number of anilines is 1. The molecule has 0 saturated heterocycles. The third-order valence-electron chi connectivity index (χ3n) is 4.95. The second-order valence-corrected chi connectivity index (χ2v) is 8.11. The van der Waals surface area contributed by atoms with E-state index in [1.54, 1.807) is 36.7 Å². The van der Waals surface area contributed by atoms with Crippen LogP contribution >= 0.6 is 11.3 Å². The van der Waals surface area contributed by atoms with E-state index in [1.165, 1.54) is 11.3 Å². The number of para-hydroxylation sites is 1. The normalized spacial score (nSPS) is 10.9. The minimum absolute atomic E-state index is 0.244. The number of ether oxygens (including phenoxy) is 1. The molecule has 32 heavy (non-hydrogen) atoms. The number of imidazole rings is 1. The van der Waals surface area contributed by atoms with Crippen molar-refractivity contribution in [3.8, 4) is 17.4 Å². The molecule has 0 saturated carbocycles. The molecule has 0 aliphatic rings. The van der Waals surface area contributed by atoms with Gasteiger partial charge in [-0.3, -0.25) is 9.36 Å². The summed E-state index contributed by atoms with van der Waals surface area (Å²) in [7, 11) is 0. The van der Waals surface area contributed by atoms with Crippen molar-refractivity contribution in [2.24, 2.45) is 0 Å². The summed E-state index contributed by atoms with van der Waals surface area (Å²) in [6.07, 6.45) is 1.72. The van der Waals surface area contributed by atoms with Crippen LogP contribution in [0.4, 0.5) is 5.69 Å². The van der Waals surface area contributed by atoms with Crippen molar-refractivity contribution in [3.63, 3.8) is 0 Å². The monoisotopic (exact) mass is 442 g/mol. The summed E-state index contributed by atoms with van der Waals surface area (Å²) in [4.78, 5) is 21.2. The number of rotatable bonds is 5. The van der Waals surface area contributed by atoms with Crippen LogP contribution in [0.25, 0.3) is 16.0 Å². The number of aryl methyl sites for hydroxylation is 1. The predicted octanol–water partition coefficient (Wildman–Crippen LogP) is 4.93. The fraction of sp³-hybridized carbons (Fsp3) is 0.0870. The molecule has 158 valence electrons. The SMILES string of the molecule is Cc1ncn(-c2ccc(Oc3ccc(NC(=O)c4nc5ccccc5s4)cc3)nn2)c1C. The third kappa shape index (κ3) is 3.93. The third-order valence-corrected chi connectivity index (χ3v) is 5.98. The summed E-state index contributed by atoms with van der Waals surface area (Å²) in [5.41, 5.74) is 3.42. The Bertz CT molecular complexity index is 1370. The molecular formula is C23H18N6O2S. The van der Waals surface area contributed by atoms with Gasteiger partial charge in [0.1, 0.15) is 12.1 Å². The van der Waals surface area contributed by atoms with E-state index >= 15 is 0 Å². The molecule has 0 fully saturated rings. The number of thiazole rings is 1. The van der Waals surface area contributed by atoms with Crippen molar-refractivity contribution in [1.82, 2.24) is 24.7 Å². The number of nitrogens with one attached hydrogen (secondary N) is 1. The molecular weight excluding hydrogens is 424 g/mol. The van der Waals surface area contributed by atoms with Gasteiger partial charge in [-0.05, 0) is 56.3 Å². The lowest BCUT2D eigenvalue weighted by atomic mass is 10.3. The Hall–Kier alpha value is -4.11. The first-order valence-corrected chi connectivity index (χ1v) is 10.7. The lowest BCUT2D eigenvalue weighted by Gasteiger charge is -2.08. The van der Waals surface area contributed by atoms with E-state index in [-0.39, 0.29) is 5.91 Å². The molecule has 5 aromatic rings. The highest BCUT2D eigenvalue weighted by atomic mass is 32.1. The maximum absolute atomic E-state index is 12.5. The summed E-state index contributed by atoms with van der Waals surface area (Å²) in [6, 6.07) is 18.3. The van der Waals surface area contributed by atoms with E-state index in [0.717, 1.165) is 21.6 Å². The minimum atomic E-state index is -0.244. The number of carbonyl (C=O) groups excluding carboxylic acids is 1. The van der Waals surface area contributed by atoms with E-state index in [2.05, 4.69) is 25.5 Å². The van der Waals surface area contributed by atoms with E-state index in [1.807, 2.05) is 48.7 Å². The summed E-state index contributed by atoms with van der Waals surface area (Å²) in [6.45, 7) is 3.92. The highest BCUT2D eigenvalue weighted by Crippen LogP contribution is 2.24. The maximum Gasteiger partial charge on any atom is 0.284 e. The van der Waals surface area contributed by atoms with Crippen LogP contribution in [-0.2, 0) is 0 Å². The van der Waals surface area contributed by atoms with Gasteiger partial charge in [-0.2, -0.15) is 0 Å². The maximum atomic E-state index is 12.5. The summed E-state index contributed by atoms with van der Waals surface area (Å²) in [5.74, 6) is 1.38. The molecule has 8 nitrogen and oxygen atoms in total. The zero-order chi connectivity index (χ0) is 22.1. The highest BCUT2D eigenvalue weighted by molar-refractivity contribution is 7.20. The molecule has 0 aliphatic heterocycles. The number of benzene rings is 2.